The second-order valence-electron chi connectivity index (χ2n) is 2.79. The molecule has 2 rings (SSSR count). The number of benzene rings is 1. The normalized spacial score (nSPS) is 10.2. The van der Waals surface area contributed by atoms with Gasteiger partial charge in [-0.2, -0.15) is 0 Å². The molecule has 0 fully saturated rings. The Labute approximate surface area is 89.9 Å². The topological polar surface area (TPSA) is 82.0 Å². The van der Waals surface area contributed by atoms with E-state index >= 15 is 0 Å². The van der Waals surface area contributed by atoms with Gasteiger partial charge in [0.05, 0.1) is 0 Å². The Morgan fingerprint density at radius 2 is 2.20 bits per heavy atom. The summed E-state index contributed by atoms with van der Waals surface area (Å²) in [5.41, 5.74) is 5.62. The quantitative estimate of drug-likeness (QED) is 0.836. The van der Waals surface area contributed by atoms with Gasteiger partial charge < -0.3 is 10.2 Å². The third kappa shape index (κ3) is 1.97. The van der Waals surface area contributed by atoms with E-state index in [0.29, 0.717) is 10.6 Å². The second-order valence-corrected chi connectivity index (χ2v) is 3.22. The first-order valence-electron chi connectivity index (χ1n) is 4.06. The molecule has 1 heterocycles. The van der Waals surface area contributed by atoms with Crippen LogP contribution in [-0.4, -0.2) is 16.1 Å². The molecule has 0 aliphatic carbocycles. The van der Waals surface area contributed by atoms with Crippen LogP contribution in [0.3, 0.4) is 0 Å². The van der Waals surface area contributed by atoms with Gasteiger partial charge in [-0.3, -0.25) is 4.79 Å². The maximum absolute atomic E-state index is 10.7. The largest absolute Gasteiger partial charge is 0.412 e. The van der Waals surface area contributed by atoms with Crippen LogP contribution >= 0.6 is 11.6 Å². The number of hydrogen-bond donors (Lipinski definition) is 1. The van der Waals surface area contributed by atoms with Crippen molar-refractivity contribution in [2.75, 3.05) is 0 Å². The molecule has 0 aliphatic heterocycles. The smallest absolute Gasteiger partial charge is 0.306 e. The summed E-state index contributed by atoms with van der Waals surface area (Å²) in [6.07, 6.45) is 0. The van der Waals surface area contributed by atoms with Crippen molar-refractivity contribution < 1.29 is 9.21 Å². The minimum atomic E-state index is -0.754. The Morgan fingerprint density at radius 3 is 2.80 bits per heavy atom. The van der Waals surface area contributed by atoms with Crippen LogP contribution in [0.25, 0.3) is 11.5 Å². The van der Waals surface area contributed by atoms with Gasteiger partial charge in [0.25, 0.3) is 0 Å². The van der Waals surface area contributed by atoms with Crippen molar-refractivity contribution in [2.24, 2.45) is 5.73 Å². The van der Waals surface area contributed by atoms with E-state index in [4.69, 9.17) is 21.8 Å². The van der Waals surface area contributed by atoms with Gasteiger partial charge in [-0.05, 0) is 18.2 Å². The molecule has 0 unspecified atom stereocenters. The third-order valence-corrected chi connectivity index (χ3v) is 1.94. The van der Waals surface area contributed by atoms with Crippen molar-refractivity contribution >= 4 is 17.5 Å². The minimum Gasteiger partial charge on any atom is -0.412 e. The first kappa shape index (κ1) is 9.67. The summed E-state index contributed by atoms with van der Waals surface area (Å²) in [5, 5.41) is 7.71. The summed E-state index contributed by atoms with van der Waals surface area (Å²) in [4.78, 5) is 10.7. The van der Waals surface area contributed by atoms with Crippen molar-refractivity contribution in [3.8, 4) is 11.5 Å². The minimum absolute atomic E-state index is 0.214. The molecule has 1 amide bonds. The average Bonchev–Trinajstić information content (AvgIpc) is 2.66. The van der Waals surface area contributed by atoms with Gasteiger partial charge in [0, 0.05) is 10.6 Å². The lowest BCUT2D eigenvalue weighted by atomic mass is 10.2. The fraction of sp³-hybridized carbons (Fsp3) is 0. The zero-order chi connectivity index (χ0) is 10.8. The number of primary amides is 1. The highest BCUT2D eigenvalue weighted by Gasteiger charge is 2.12. The highest BCUT2D eigenvalue weighted by atomic mass is 35.5. The molecule has 1 aromatic heterocycles. The second kappa shape index (κ2) is 3.70. The highest BCUT2D eigenvalue weighted by Crippen LogP contribution is 2.21. The summed E-state index contributed by atoms with van der Waals surface area (Å²) in [7, 11) is 0. The molecular weight excluding hydrogens is 218 g/mol. The van der Waals surface area contributed by atoms with Crippen molar-refractivity contribution in [3.05, 3.63) is 35.2 Å². The molecule has 6 heteroatoms. The number of carbonyl (C=O) groups is 1. The Kier molecular flexibility index (Phi) is 2.39. The van der Waals surface area contributed by atoms with E-state index in [1.165, 1.54) is 0 Å². The van der Waals surface area contributed by atoms with Crippen LogP contribution in [0.15, 0.2) is 28.7 Å². The van der Waals surface area contributed by atoms with Gasteiger partial charge in [-0.1, -0.05) is 17.7 Å². The molecule has 0 bridgehead atoms. The molecule has 0 saturated heterocycles. The van der Waals surface area contributed by atoms with Crippen molar-refractivity contribution in [3.63, 3.8) is 0 Å². The summed E-state index contributed by atoms with van der Waals surface area (Å²) in [5.74, 6) is -0.757. The number of amides is 1. The van der Waals surface area contributed by atoms with Gasteiger partial charge in [-0.25, -0.2) is 0 Å². The molecule has 0 aliphatic rings. The summed E-state index contributed by atoms with van der Waals surface area (Å²) in [6, 6.07) is 6.85. The van der Waals surface area contributed by atoms with Crippen LogP contribution in [0.5, 0.6) is 0 Å². The van der Waals surface area contributed by atoms with E-state index in [9.17, 15) is 4.79 Å². The van der Waals surface area contributed by atoms with Crippen molar-refractivity contribution in [2.45, 2.75) is 0 Å². The fourth-order valence-electron chi connectivity index (χ4n) is 1.06. The maximum Gasteiger partial charge on any atom is 0.306 e. The SMILES string of the molecule is NC(=O)c1nnc(-c2cccc(Cl)c2)o1. The molecule has 5 nitrogen and oxygen atoms in total. The molecule has 0 spiro atoms. The highest BCUT2D eigenvalue weighted by molar-refractivity contribution is 6.30. The van der Waals surface area contributed by atoms with Crippen molar-refractivity contribution in [1.29, 1.82) is 0 Å². The molecule has 0 radical (unpaired) electrons. The first-order chi connectivity index (χ1) is 7.16. The Balaban J connectivity index is 2.41. The molecule has 0 atom stereocenters. The van der Waals surface area contributed by atoms with Gasteiger partial charge >= 0.3 is 11.8 Å². The van der Waals surface area contributed by atoms with Gasteiger partial charge in [0.1, 0.15) is 0 Å². The van der Waals surface area contributed by atoms with E-state index in [1.54, 1.807) is 24.3 Å². The lowest BCUT2D eigenvalue weighted by Gasteiger charge is -1.93. The number of nitrogens with two attached hydrogens (primary N) is 1. The van der Waals surface area contributed by atoms with E-state index in [1.807, 2.05) is 0 Å². The fourth-order valence-corrected chi connectivity index (χ4v) is 1.25. The predicted molar refractivity (Wildman–Crippen MR) is 53.3 cm³/mol. The molecule has 76 valence electrons. The number of hydrogen-bond acceptors (Lipinski definition) is 4. The van der Waals surface area contributed by atoms with E-state index in [-0.39, 0.29) is 11.8 Å². The lowest BCUT2D eigenvalue weighted by molar-refractivity contribution is 0.0968. The van der Waals surface area contributed by atoms with E-state index in [0.717, 1.165) is 0 Å². The number of carbonyl (C=O) groups excluding carboxylic acids is 1. The molecule has 0 saturated carbocycles. The van der Waals surface area contributed by atoms with Crippen LogP contribution in [0, 0.1) is 0 Å². The van der Waals surface area contributed by atoms with Crippen LogP contribution in [0.2, 0.25) is 5.02 Å². The zero-order valence-corrected chi connectivity index (χ0v) is 8.23. The van der Waals surface area contributed by atoms with Gasteiger partial charge in [0.2, 0.25) is 5.89 Å². The van der Waals surface area contributed by atoms with Gasteiger partial charge in [-0.15, -0.1) is 10.2 Å². The Morgan fingerprint density at radius 1 is 1.40 bits per heavy atom. The molecule has 2 N–H and O–H groups in total. The molecule has 2 aromatic rings. The number of aromatic nitrogens is 2. The molecular formula is C9H6ClN3O2. The lowest BCUT2D eigenvalue weighted by Crippen LogP contribution is -2.10. The summed E-state index contributed by atoms with van der Waals surface area (Å²) < 4.78 is 5.03. The average molecular weight is 224 g/mol. The number of nitrogens with zero attached hydrogens (tertiary/aromatic N) is 2. The Hall–Kier alpha value is -1.88. The predicted octanol–water partition coefficient (Wildman–Crippen LogP) is 1.49. The zero-order valence-electron chi connectivity index (χ0n) is 7.48. The summed E-state index contributed by atoms with van der Waals surface area (Å²) in [6.45, 7) is 0. The molecule has 1 aromatic carbocycles. The van der Waals surface area contributed by atoms with Crippen LogP contribution in [-0.2, 0) is 0 Å². The summed E-state index contributed by atoms with van der Waals surface area (Å²) >= 11 is 5.78. The number of halogens is 1. The maximum atomic E-state index is 10.7. The van der Waals surface area contributed by atoms with Gasteiger partial charge in [0.15, 0.2) is 0 Å². The number of rotatable bonds is 2. The van der Waals surface area contributed by atoms with Crippen molar-refractivity contribution in [1.82, 2.24) is 10.2 Å². The van der Waals surface area contributed by atoms with Crippen LogP contribution in [0.1, 0.15) is 10.7 Å². The van der Waals surface area contributed by atoms with E-state index < -0.39 is 5.91 Å². The molecule has 15 heavy (non-hydrogen) atoms. The third-order valence-electron chi connectivity index (χ3n) is 1.71. The first-order valence-corrected chi connectivity index (χ1v) is 4.44. The van der Waals surface area contributed by atoms with Crippen LogP contribution in [0.4, 0.5) is 0 Å². The standard InChI is InChI=1S/C9H6ClN3O2/c10-6-3-1-2-5(4-6)8-12-13-9(15-8)7(11)14/h1-4H,(H2,11,14). The van der Waals surface area contributed by atoms with Crippen LogP contribution < -0.4 is 5.73 Å². The Bertz CT molecular complexity index is 510. The monoisotopic (exact) mass is 223 g/mol. The van der Waals surface area contributed by atoms with E-state index in [2.05, 4.69) is 10.2 Å².